The molecule has 2 aliphatic heterocycles. The molecular weight excluding hydrogens is 394 g/mol. The SMILES string of the molecule is CSC(C)C(=O)Nc1cc(S(=O)(=O)N2CCCCC2)ccc1N1CCCCC1. The molecule has 0 radical (unpaired) electrons. The van der Waals surface area contributed by atoms with E-state index in [4.69, 9.17) is 0 Å². The number of sulfonamides is 1. The molecule has 3 rings (SSSR count). The number of hydrogen-bond donors (Lipinski definition) is 1. The van der Waals surface area contributed by atoms with Crippen LogP contribution in [0, 0.1) is 0 Å². The zero-order valence-electron chi connectivity index (χ0n) is 16.8. The molecular formula is C20H31N3O3S2. The molecule has 6 nitrogen and oxygen atoms in total. The third kappa shape index (κ3) is 4.83. The van der Waals surface area contributed by atoms with Crippen LogP contribution in [0.15, 0.2) is 23.1 Å². The Morgan fingerprint density at radius 1 is 1.04 bits per heavy atom. The van der Waals surface area contributed by atoms with Gasteiger partial charge in [0.1, 0.15) is 0 Å². The Balaban J connectivity index is 1.94. The molecule has 0 bridgehead atoms. The summed E-state index contributed by atoms with van der Waals surface area (Å²) in [5.41, 5.74) is 1.52. The Hall–Kier alpha value is -1.25. The number of carbonyl (C=O) groups excluding carboxylic acids is 1. The molecule has 0 saturated carbocycles. The first kappa shape index (κ1) is 21.5. The molecule has 1 amide bonds. The quantitative estimate of drug-likeness (QED) is 0.755. The number of rotatable bonds is 6. The van der Waals surface area contributed by atoms with Gasteiger partial charge in [-0.25, -0.2) is 8.42 Å². The molecule has 28 heavy (non-hydrogen) atoms. The highest BCUT2D eigenvalue weighted by atomic mass is 32.2. The largest absolute Gasteiger partial charge is 0.370 e. The maximum Gasteiger partial charge on any atom is 0.243 e. The first-order valence-electron chi connectivity index (χ1n) is 10.2. The van der Waals surface area contributed by atoms with Crippen molar-refractivity contribution in [2.75, 3.05) is 42.7 Å². The number of anilines is 2. The fraction of sp³-hybridized carbons (Fsp3) is 0.650. The molecule has 1 aromatic rings. The van der Waals surface area contributed by atoms with Crippen LogP contribution in [0.1, 0.15) is 45.4 Å². The predicted octanol–water partition coefficient (Wildman–Crippen LogP) is 3.54. The number of amides is 1. The summed E-state index contributed by atoms with van der Waals surface area (Å²) in [5.74, 6) is -0.0988. The van der Waals surface area contributed by atoms with Crippen LogP contribution in [-0.4, -0.2) is 56.3 Å². The van der Waals surface area contributed by atoms with Gasteiger partial charge in [0.2, 0.25) is 15.9 Å². The Labute approximate surface area is 173 Å². The maximum atomic E-state index is 13.1. The van der Waals surface area contributed by atoms with E-state index in [1.807, 2.05) is 19.2 Å². The van der Waals surface area contributed by atoms with Crippen LogP contribution < -0.4 is 10.2 Å². The van der Waals surface area contributed by atoms with E-state index in [9.17, 15) is 13.2 Å². The van der Waals surface area contributed by atoms with Crippen LogP contribution in [0.3, 0.4) is 0 Å². The van der Waals surface area contributed by atoms with Crippen molar-refractivity contribution in [2.45, 2.75) is 55.6 Å². The van der Waals surface area contributed by atoms with Gasteiger partial charge < -0.3 is 10.2 Å². The van der Waals surface area contributed by atoms with Crippen LogP contribution in [0.5, 0.6) is 0 Å². The van der Waals surface area contributed by atoms with E-state index in [2.05, 4.69) is 10.2 Å². The van der Waals surface area contributed by atoms with E-state index in [1.165, 1.54) is 18.2 Å². The third-order valence-corrected chi connectivity index (χ3v) is 8.41. The fourth-order valence-corrected chi connectivity index (χ4v) is 5.60. The molecule has 0 spiro atoms. The Kier molecular flexibility index (Phi) is 7.28. The summed E-state index contributed by atoms with van der Waals surface area (Å²) >= 11 is 1.47. The molecule has 2 fully saturated rings. The second-order valence-corrected chi connectivity index (χ2v) is 10.7. The summed E-state index contributed by atoms with van der Waals surface area (Å²) in [5, 5.41) is 2.79. The van der Waals surface area contributed by atoms with Gasteiger partial charge in [-0.15, -0.1) is 0 Å². The van der Waals surface area contributed by atoms with Gasteiger partial charge in [0.25, 0.3) is 0 Å². The van der Waals surface area contributed by atoms with Gasteiger partial charge in [0, 0.05) is 26.2 Å². The second-order valence-electron chi connectivity index (χ2n) is 7.56. The lowest BCUT2D eigenvalue weighted by Crippen LogP contribution is -2.36. The molecule has 2 aliphatic rings. The molecule has 8 heteroatoms. The van der Waals surface area contributed by atoms with Crippen molar-refractivity contribution in [3.05, 3.63) is 18.2 Å². The van der Waals surface area contributed by atoms with Crippen molar-refractivity contribution in [3.8, 4) is 0 Å². The highest BCUT2D eigenvalue weighted by molar-refractivity contribution is 7.99. The Bertz CT molecular complexity index is 786. The van der Waals surface area contributed by atoms with Crippen LogP contribution in [0.2, 0.25) is 0 Å². The van der Waals surface area contributed by atoms with Crippen LogP contribution in [-0.2, 0) is 14.8 Å². The molecule has 156 valence electrons. The minimum absolute atomic E-state index is 0.0988. The maximum absolute atomic E-state index is 13.1. The lowest BCUT2D eigenvalue weighted by atomic mass is 10.1. The summed E-state index contributed by atoms with van der Waals surface area (Å²) < 4.78 is 27.8. The fourth-order valence-electron chi connectivity index (χ4n) is 3.78. The molecule has 0 aliphatic carbocycles. The summed E-state index contributed by atoms with van der Waals surface area (Å²) in [4.78, 5) is 15.0. The normalized spacial score (nSPS) is 20.0. The molecule has 2 heterocycles. The Morgan fingerprint density at radius 3 is 2.25 bits per heavy atom. The number of nitrogens with one attached hydrogen (secondary N) is 1. The van der Waals surface area contributed by atoms with Gasteiger partial charge in [0.15, 0.2) is 0 Å². The Morgan fingerprint density at radius 2 is 1.64 bits per heavy atom. The standard InChI is InChI=1S/C20H31N3O3S2/c1-16(27-2)20(24)21-18-15-17(28(25,26)23-13-7-4-8-14-23)9-10-19(18)22-11-5-3-6-12-22/h9-10,15-16H,3-8,11-14H2,1-2H3,(H,21,24). The number of nitrogens with zero attached hydrogens (tertiary/aromatic N) is 2. The van der Waals surface area contributed by atoms with Crippen LogP contribution in [0.25, 0.3) is 0 Å². The zero-order chi connectivity index (χ0) is 20.1. The van der Waals surface area contributed by atoms with Crippen molar-refractivity contribution >= 4 is 39.1 Å². The number of thioether (sulfide) groups is 1. The first-order chi connectivity index (χ1) is 13.4. The molecule has 1 unspecified atom stereocenters. The second kappa shape index (κ2) is 9.50. The number of benzene rings is 1. The monoisotopic (exact) mass is 425 g/mol. The van der Waals surface area contributed by atoms with E-state index in [1.54, 1.807) is 16.4 Å². The van der Waals surface area contributed by atoms with Crippen molar-refractivity contribution < 1.29 is 13.2 Å². The smallest absolute Gasteiger partial charge is 0.243 e. The minimum atomic E-state index is -3.54. The molecule has 1 atom stereocenters. The van der Waals surface area contributed by atoms with Crippen LogP contribution >= 0.6 is 11.8 Å². The van der Waals surface area contributed by atoms with E-state index in [0.717, 1.165) is 50.9 Å². The van der Waals surface area contributed by atoms with Gasteiger partial charge in [-0.05, 0) is 63.5 Å². The molecule has 0 aromatic heterocycles. The average Bonchev–Trinajstić information content (AvgIpc) is 2.74. The van der Waals surface area contributed by atoms with Gasteiger partial charge in [-0.2, -0.15) is 16.1 Å². The van der Waals surface area contributed by atoms with Gasteiger partial charge in [0.05, 0.1) is 21.5 Å². The topological polar surface area (TPSA) is 69.7 Å². The molecule has 1 aromatic carbocycles. The third-order valence-electron chi connectivity index (χ3n) is 5.60. The highest BCUT2D eigenvalue weighted by Crippen LogP contribution is 2.33. The lowest BCUT2D eigenvalue weighted by Gasteiger charge is -2.31. The number of carbonyl (C=O) groups is 1. The molecule has 1 N–H and O–H groups in total. The van der Waals surface area contributed by atoms with E-state index in [-0.39, 0.29) is 16.1 Å². The summed E-state index contributed by atoms with van der Waals surface area (Å²) in [7, 11) is -3.54. The summed E-state index contributed by atoms with van der Waals surface area (Å²) in [6, 6.07) is 5.21. The lowest BCUT2D eigenvalue weighted by molar-refractivity contribution is -0.115. The van der Waals surface area contributed by atoms with Gasteiger partial charge in [-0.1, -0.05) is 6.42 Å². The van der Waals surface area contributed by atoms with Crippen molar-refractivity contribution in [1.29, 1.82) is 0 Å². The highest BCUT2D eigenvalue weighted by Gasteiger charge is 2.28. The zero-order valence-corrected chi connectivity index (χ0v) is 18.4. The first-order valence-corrected chi connectivity index (χ1v) is 12.9. The van der Waals surface area contributed by atoms with Crippen molar-refractivity contribution in [2.24, 2.45) is 0 Å². The number of piperidine rings is 2. The van der Waals surface area contributed by atoms with Crippen molar-refractivity contribution in [3.63, 3.8) is 0 Å². The van der Waals surface area contributed by atoms with Gasteiger partial charge in [-0.3, -0.25) is 4.79 Å². The van der Waals surface area contributed by atoms with E-state index < -0.39 is 10.0 Å². The van der Waals surface area contributed by atoms with E-state index >= 15 is 0 Å². The molecule has 2 saturated heterocycles. The minimum Gasteiger partial charge on any atom is -0.370 e. The van der Waals surface area contributed by atoms with Crippen LogP contribution in [0.4, 0.5) is 11.4 Å². The number of hydrogen-bond acceptors (Lipinski definition) is 5. The van der Waals surface area contributed by atoms with E-state index in [0.29, 0.717) is 18.8 Å². The van der Waals surface area contributed by atoms with Gasteiger partial charge >= 0.3 is 0 Å². The van der Waals surface area contributed by atoms with Crippen molar-refractivity contribution in [1.82, 2.24) is 4.31 Å². The summed E-state index contributed by atoms with van der Waals surface area (Å²) in [6.07, 6.45) is 8.22. The summed E-state index contributed by atoms with van der Waals surface area (Å²) in [6.45, 7) is 4.86. The predicted molar refractivity (Wildman–Crippen MR) is 117 cm³/mol. The average molecular weight is 426 g/mol.